The predicted molar refractivity (Wildman–Crippen MR) is 79.6 cm³/mol. The Morgan fingerprint density at radius 3 is 2.50 bits per heavy atom. The summed E-state index contributed by atoms with van der Waals surface area (Å²) in [7, 11) is 0. The maximum Gasteiger partial charge on any atom is 0.528 e. The zero-order valence-corrected chi connectivity index (χ0v) is 13.1. The summed E-state index contributed by atoms with van der Waals surface area (Å²) in [5, 5.41) is 11.4. The monoisotopic (exact) mass is 310 g/mol. The molecule has 122 valence electrons. The molecule has 2 heterocycles. The van der Waals surface area contributed by atoms with E-state index in [1.807, 2.05) is 0 Å². The largest absolute Gasteiger partial charge is 0.528 e. The zero-order valence-electron chi connectivity index (χ0n) is 13.1. The van der Waals surface area contributed by atoms with Crippen LogP contribution in [0.15, 0.2) is 16.9 Å². The Morgan fingerprint density at radius 2 is 1.95 bits per heavy atom. The molecule has 7 heteroatoms. The van der Waals surface area contributed by atoms with Crippen molar-refractivity contribution in [3.63, 3.8) is 0 Å². The van der Waals surface area contributed by atoms with Crippen molar-refractivity contribution in [3.05, 3.63) is 28.0 Å². The van der Waals surface area contributed by atoms with Crippen LogP contribution in [0.2, 0.25) is 0 Å². The van der Waals surface area contributed by atoms with Crippen molar-refractivity contribution in [2.75, 3.05) is 13.1 Å². The molecule has 0 spiro atoms. The van der Waals surface area contributed by atoms with Crippen LogP contribution in [0, 0.1) is 0 Å². The number of pyridine rings is 1. The number of nitrogens with one attached hydrogen (secondary N) is 1. The van der Waals surface area contributed by atoms with Gasteiger partial charge in [-0.15, -0.1) is 5.06 Å². The number of aromatic amines is 1. The smallest absolute Gasteiger partial charge is 0.494 e. The van der Waals surface area contributed by atoms with E-state index in [9.17, 15) is 14.7 Å². The number of hydrogen-bond donors (Lipinski definition) is 2. The number of hydroxylamine groups is 2. The van der Waals surface area contributed by atoms with E-state index in [1.54, 1.807) is 31.9 Å². The van der Waals surface area contributed by atoms with E-state index < -0.39 is 11.8 Å². The number of ether oxygens (including phenoxy) is 1. The molecular formula is C15H22N2O5. The lowest BCUT2D eigenvalue weighted by atomic mass is 9.91. The van der Waals surface area contributed by atoms with Gasteiger partial charge in [0.15, 0.2) is 5.88 Å². The van der Waals surface area contributed by atoms with Crippen molar-refractivity contribution >= 4 is 6.16 Å². The van der Waals surface area contributed by atoms with Crippen molar-refractivity contribution < 1.29 is 19.5 Å². The van der Waals surface area contributed by atoms with E-state index in [4.69, 9.17) is 9.57 Å². The fourth-order valence-corrected chi connectivity index (χ4v) is 2.44. The normalized spacial score (nSPS) is 17.2. The molecule has 1 aromatic rings. The van der Waals surface area contributed by atoms with E-state index >= 15 is 0 Å². The van der Waals surface area contributed by atoms with Gasteiger partial charge in [0.05, 0.1) is 0 Å². The third-order valence-corrected chi connectivity index (χ3v) is 3.42. The average Bonchev–Trinajstić information content (AvgIpc) is 2.38. The summed E-state index contributed by atoms with van der Waals surface area (Å²) in [5.41, 5.74) is -0.194. The number of carbonyl (C=O) groups is 1. The highest BCUT2D eigenvalue weighted by Crippen LogP contribution is 2.31. The van der Waals surface area contributed by atoms with Gasteiger partial charge in [-0.1, -0.05) is 0 Å². The van der Waals surface area contributed by atoms with Crippen LogP contribution in [0.4, 0.5) is 4.79 Å². The van der Waals surface area contributed by atoms with Crippen molar-refractivity contribution in [3.8, 4) is 5.88 Å². The Labute approximate surface area is 128 Å². The lowest BCUT2D eigenvalue weighted by molar-refractivity contribution is -0.152. The van der Waals surface area contributed by atoms with E-state index in [0.29, 0.717) is 25.9 Å². The summed E-state index contributed by atoms with van der Waals surface area (Å²) in [6, 6.07) is 3.04. The van der Waals surface area contributed by atoms with E-state index in [-0.39, 0.29) is 17.4 Å². The summed E-state index contributed by atoms with van der Waals surface area (Å²) in [6.07, 6.45) is 0.711. The molecule has 0 unspecified atom stereocenters. The number of hydrogen-bond acceptors (Lipinski definition) is 6. The summed E-state index contributed by atoms with van der Waals surface area (Å²) in [6.45, 7) is 6.42. The van der Waals surface area contributed by atoms with Crippen LogP contribution in [-0.4, -0.2) is 40.0 Å². The first-order valence-corrected chi connectivity index (χ1v) is 7.33. The Morgan fingerprint density at radius 1 is 1.32 bits per heavy atom. The highest BCUT2D eigenvalue weighted by Gasteiger charge is 2.27. The van der Waals surface area contributed by atoms with Crippen molar-refractivity contribution in [2.45, 2.75) is 45.1 Å². The van der Waals surface area contributed by atoms with Gasteiger partial charge >= 0.3 is 6.16 Å². The predicted octanol–water partition coefficient (Wildman–Crippen LogP) is 2.13. The Kier molecular flexibility index (Phi) is 4.75. The third kappa shape index (κ3) is 4.49. The topological polar surface area (TPSA) is 91.9 Å². The number of H-pyrrole nitrogens is 1. The molecule has 0 saturated carbocycles. The van der Waals surface area contributed by atoms with Gasteiger partial charge < -0.3 is 14.7 Å². The molecule has 1 aliphatic rings. The molecule has 0 amide bonds. The SMILES string of the molecule is CC(C)(C)OC(=O)ON1CCC(c2ccc(=O)[nH]c2O)CC1. The van der Waals surface area contributed by atoms with E-state index in [0.717, 1.165) is 5.56 Å². The van der Waals surface area contributed by atoms with E-state index in [2.05, 4.69) is 4.98 Å². The highest BCUT2D eigenvalue weighted by atomic mass is 16.8. The maximum atomic E-state index is 11.6. The molecule has 0 atom stereocenters. The second kappa shape index (κ2) is 6.39. The van der Waals surface area contributed by atoms with Gasteiger partial charge in [0.25, 0.3) is 5.56 Å². The minimum Gasteiger partial charge on any atom is -0.494 e. The van der Waals surface area contributed by atoms with Gasteiger partial charge in [-0.3, -0.25) is 9.78 Å². The molecule has 0 aliphatic carbocycles. The number of carbonyl (C=O) groups excluding carboxylic acids is 1. The van der Waals surface area contributed by atoms with Crippen LogP contribution in [0.25, 0.3) is 0 Å². The van der Waals surface area contributed by atoms with Crippen molar-refractivity contribution in [1.29, 1.82) is 0 Å². The molecule has 1 aliphatic heterocycles. The Bertz CT molecular complexity index is 582. The average molecular weight is 310 g/mol. The van der Waals surface area contributed by atoms with E-state index in [1.165, 1.54) is 6.07 Å². The number of aromatic hydroxyl groups is 1. The van der Waals surface area contributed by atoms with Gasteiger partial charge in [-0.2, -0.15) is 0 Å². The fourth-order valence-electron chi connectivity index (χ4n) is 2.44. The molecule has 2 rings (SSSR count). The first kappa shape index (κ1) is 16.4. The van der Waals surface area contributed by atoms with Crippen molar-refractivity contribution in [1.82, 2.24) is 10.0 Å². The number of nitrogens with zero attached hydrogens (tertiary/aromatic N) is 1. The number of piperidine rings is 1. The molecule has 1 aromatic heterocycles. The third-order valence-electron chi connectivity index (χ3n) is 3.42. The number of aromatic nitrogens is 1. The molecule has 7 nitrogen and oxygen atoms in total. The lowest BCUT2D eigenvalue weighted by Crippen LogP contribution is -2.37. The zero-order chi connectivity index (χ0) is 16.3. The minimum absolute atomic E-state index is 0.0842. The summed E-state index contributed by atoms with van der Waals surface area (Å²) >= 11 is 0. The Hall–Kier alpha value is -2.02. The molecule has 0 bridgehead atoms. The van der Waals surface area contributed by atoms with Crippen LogP contribution in [0.3, 0.4) is 0 Å². The fraction of sp³-hybridized carbons (Fsp3) is 0.600. The molecule has 22 heavy (non-hydrogen) atoms. The van der Waals surface area contributed by atoms with Crippen LogP contribution in [0.5, 0.6) is 5.88 Å². The van der Waals surface area contributed by atoms with Crippen LogP contribution >= 0.6 is 0 Å². The Balaban J connectivity index is 1.88. The number of rotatable bonds is 2. The van der Waals surface area contributed by atoms with Crippen LogP contribution < -0.4 is 5.56 Å². The summed E-state index contributed by atoms with van der Waals surface area (Å²) in [5.74, 6) is 0.0364. The van der Waals surface area contributed by atoms with Gasteiger partial charge in [0.1, 0.15) is 5.60 Å². The summed E-state index contributed by atoms with van der Waals surface area (Å²) in [4.78, 5) is 30.3. The molecule has 2 N–H and O–H groups in total. The van der Waals surface area contributed by atoms with Crippen molar-refractivity contribution in [2.24, 2.45) is 0 Å². The van der Waals surface area contributed by atoms with Gasteiger partial charge in [-0.25, -0.2) is 4.79 Å². The van der Waals surface area contributed by atoms with Gasteiger partial charge in [0.2, 0.25) is 0 Å². The van der Waals surface area contributed by atoms with Gasteiger partial charge in [-0.05, 0) is 45.6 Å². The molecule has 0 radical (unpaired) electrons. The maximum absolute atomic E-state index is 11.6. The second-order valence-electron chi connectivity index (χ2n) is 6.39. The first-order valence-electron chi connectivity index (χ1n) is 7.33. The molecular weight excluding hydrogens is 288 g/mol. The molecule has 1 saturated heterocycles. The second-order valence-corrected chi connectivity index (χ2v) is 6.39. The molecule has 0 aromatic carbocycles. The standard InChI is InChI=1S/C15H22N2O5/c1-15(2,3)21-14(20)22-17-8-6-10(7-9-17)11-4-5-12(18)16-13(11)19/h4-5,10H,6-9H2,1-3H3,(H2,16,18,19). The first-order chi connectivity index (χ1) is 10.2. The lowest BCUT2D eigenvalue weighted by Gasteiger charge is -2.31. The van der Waals surface area contributed by atoms with Gasteiger partial charge in [0, 0.05) is 24.7 Å². The quantitative estimate of drug-likeness (QED) is 0.813. The van der Waals surface area contributed by atoms with Crippen LogP contribution in [0.1, 0.15) is 45.1 Å². The van der Waals surface area contributed by atoms with Crippen LogP contribution in [-0.2, 0) is 9.57 Å². The molecule has 1 fully saturated rings. The highest BCUT2D eigenvalue weighted by molar-refractivity contribution is 5.60. The summed E-state index contributed by atoms with van der Waals surface area (Å²) < 4.78 is 5.10. The minimum atomic E-state index is -0.710.